The number of hydrogen-bond donors (Lipinski definition) is 0. The number of anilines is 1. The smallest absolute Gasteiger partial charge is 0.320 e. The molecule has 0 unspecified atom stereocenters. The molecule has 0 spiro atoms. The fourth-order valence-electron chi connectivity index (χ4n) is 5.70. The Labute approximate surface area is 192 Å². The van der Waals surface area contributed by atoms with Gasteiger partial charge in [0.15, 0.2) is 11.5 Å². The topological polar surface area (TPSA) is 48.5 Å². The quantitative estimate of drug-likeness (QED) is 0.606. The second kappa shape index (κ2) is 10.2. The number of fused-ring (bicyclic) bond motifs is 1. The third-order valence-electron chi connectivity index (χ3n) is 7.55. The average Bonchev–Trinajstić information content (AvgIpc) is 3.22. The summed E-state index contributed by atoms with van der Waals surface area (Å²) in [6, 6.07) is 7.00. The van der Waals surface area contributed by atoms with Crippen molar-refractivity contribution in [3.63, 3.8) is 0 Å². The van der Waals surface area contributed by atoms with E-state index in [1.54, 1.807) is 0 Å². The fourth-order valence-corrected chi connectivity index (χ4v) is 5.70. The Balaban J connectivity index is 1.02. The number of nitrogens with zero attached hydrogens (tertiary/aromatic N) is 4. The van der Waals surface area contributed by atoms with E-state index in [0.717, 1.165) is 82.4 Å². The lowest BCUT2D eigenvalue weighted by atomic mass is 9.94. The Morgan fingerprint density at radius 1 is 0.844 bits per heavy atom. The predicted molar refractivity (Wildman–Crippen MR) is 126 cm³/mol. The molecule has 2 saturated heterocycles. The Morgan fingerprint density at radius 2 is 1.62 bits per heavy atom. The normalized spacial score (nSPS) is 22.6. The zero-order chi connectivity index (χ0) is 21.8. The highest BCUT2D eigenvalue weighted by atomic mass is 16.6. The van der Waals surface area contributed by atoms with Crippen LogP contribution in [0.25, 0.3) is 0 Å². The van der Waals surface area contributed by atoms with Gasteiger partial charge in [0.05, 0.1) is 5.69 Å². The van der Waals surface area contributed by atoms with Crippen LogP contribution in [0.3, 0.4) is 0 Å². The minimum absolute atomic E-state index is 0.294. The van der Waals surface area contributed by atoms with Gasteiger partial charge in [-0.25, -0.2) is 4.79 Å². The van der Waals surface area contributed by atoms with Crippen molar-refractivity contribution in [3.8, 4) is 11.5 Å². The van der Waals surface area contributed by atoms with Crippen molar-refractivity contribution in [1.82, 2.24) is 14.7 Å². The molecule has 176 valence electrons. The Bertz CT molecular complexity index is 774. The van der Waals surface area contributed by atoms with Crippen molar-refractivity contribution in [2.24, 2.45) is 0 Å². The first-order chi connectivity index (χ1) is 15.8. The SMILES string of the molecule is O=C1N(CCCCN2CCN(c3cccc4c3OCCO4)CC2)CCN1C1CCCCC1. The van der Waals surface area contributed by atoms with E-state index in [4.69, 9.17) is 9.47 Å². The lowest BCUT2D eigenvalue weighted by Crippen LogP contribution is -2.47. The first-order valence-corrected chi connectivity index (χ1v) is 12.7. The van der Waals surface area contributed by atoms with Gasteiger partial charge < -0.3 is 24.2 Å². The van der Waals surface area contributed by atoms with Crippen molar-refractivity contribution in [3.05, 3.63) is 18.2 Å². The van der Waals surface area contributed by atoms with Gasteiger partial charge >= 0.3 is 6.03 Å². The Kier molecular flexibility index (Phi) is 6.91. The van der Waals surface area contributed by atoms with Crippen LogP contribution in [0.4, 0.5) is 10.5 Å². The van der Waals surface area contributed by atoms with E-state index < -0.39 is 0 Å². The second-order valence-corrected chi connectivity index (χ2v) is 9.59. The molecule has 0 aromatic heterocycles. The molecule has 7 nitrogen and oxygen atoms in total. The highest BCUT2D eigenvalue weighted by molar-refractivity contribution is 5.76. The number of piperazine rings is 1. The van der Waals surface area contributed by atoms with E-state index in [-0.39, 0.29) is 0 Å². The van der Waals surface area contributed by atoms with Crippen molar-refractivity contribution in [2.45, 2.75) is 51.0 Å². The van der Waals surface area contributed by atoms with E-state index in [0.29, 0.717) is 25.3 Å². The minimum Gasteiger partial charge on any atom is -0.486 e. The molecule has 3 heterocycles. The zero-order valence-corrected chi connectivity index (χ0v) is 19.3. The van der Waals surface area contributed by atoms with Gasteiger partial charge in [0.1, 0.15) is 13.2 Å². The fraction of sp³-hybridized carbons (Fsp3) is 0.720. The van der Waals surface area contributed by atoms with E-state index >= 15 is 0 Å². The zero-order valence-electron chi connectivity index (χ0n) is 19.3. The van der Waals surface area contributed by atoms with Gasteiger partial charge in [-0.1, -0.05) is 25.3 Å². The summed E-state index contributed by atoms with van der Waals surface area (Å²) in [5.41, 5.74) is 1.16. The van der Waals surface area contributed by atoms with Crippen LogP contribution in [0.15, 0.2) is 18.2 Å². The van der Waals surface area contributed by atoms with Crippen LogP contribution in [0.5, 0.6) is 11.5 Å². The number of hydrogen-bond acceptors (Lipinski definition) is 5. The molecule has 0 radical (unpaired) electrons. The molecule has 1 aromatic rings. The maximum absolute atomic E-state index is 12.8. The average molecular weight is 443 g/mol. The molecule has 0 atom stereocenters. The summed E-state index contributed by atoms with van der Waals surface area (Å²) in [7, 11) is 0. The summed E-state index contributed by atoms with van der Waals surface area (Å²) in [5, 5.41) is 0. The van der Waals surface area contributed by atoms with Crippen molar-refractivity contribution < 1.29 is 14.3 Å². The van der Waals surface area contributed by atoms with E-state index in [1.165, 1.54) is 32.1 Å². The van der Waals surface area contributed by atoms with Gasteiger partial charge in [-0.2, -0.15) is 0 Å². The largest absolute Gasteiger partial charge is 0.486 e. The van der Waals surface area contributed by atoms with Gasteiger partial charge in [0.25, 0.3) is 0 Å². The van der Waals surface area contributed by atoms with E-state index in [9.17, 15) is 4.79 Å². The monoisotopic (exact) mass is 442 g/mol. The molecule has 5 rings (SSSR count). The van der Waals surface area contributed by atoms with Crippen LogP contribution in [-0.4, -0.2) is 92.3 Å². The third-order valence-corrected chi connectivity index (χ3v) is 7.55. The molecule has 0 N–H and O–H groups in total. The first kappa shape index (κ1) is 21.7. The third kappa shape index (κ3) is 4.77. The molecule has 0 bridgehead atoms. The number of carbonyl (C=O) groups is 1. The van der Waals surface area contributed by atoms with Gasteiger partial charge in [-0.3, -0.25) is 4.90 Å². The number of unbranched alkanes of at least 4 members (excludes halogenated alkanes) is 1. The maximum atomic E-state index is 12.8. The molecule has 3 fully saturated rings. The second-order valence-electron chi connectivity index (χ2n) is 9.59. The van der Waals surface area contributed by atoms with Crippen LogP contribution in [0, 0.1) is 0 Å². The summed E-state index contributed by atoms with van der Waals surface area (Å²) in [6.45, 7) is 9.31. The number of carbonyl (C=O) groups excluding carboxylic acids is 1. The van der Waals surface area contributed by atoms with E-state index in [2.05, 4.69) is 31.7 Å². The lowest BCUT2D eigenvalue weighted by molar-refractivity contribution is 0.162. The standard InChI is InChI=1S/C25H38N4O3/c30-25-28(17-18-29(25)21-7-2-1-3-8-21)12-5-4-11-26-13-15-27(16-14-26)22-9-6-10-23-24(22)32-20-19-31-23/h6,9-10,21H,1-5,7-8,11-20H2. The summed E-state index contributed by atoms with van der Waals surface area (Å²) in [5.74, 6) is 1.78. The Morgan fingerprint density at radius 3 is 2.47 bits per heavy atom. The maximum Gasteiger partial charge on any atom is 0.320 e. The molecule has 1 aromatic carbocycles. The minimum atomic E-state index is 0.294. The molecule has 2 amide bonds. The molecule has 3 aliphatic heterocycles. The lowest BCUT2D eigenvalue weighted by Gasteiger charge is -2.37. The van der Waals surface area contributed by atoms with Gasteiger partial charge in [0.2, 0.25) is 0 Å². The van der Waals surface area contributed by atoms with Gasteiger partial charge in [-0.05, 0) is 44.4 Å². The Hall–Kier alpha value is -2.15. The number of urea groups is 1. The first-order valence-electron chi connectivity index (χ1n) is 12.7. The number of para-hydroxylation sites is 1. The molecule has 1 aliphatic carbocycles. The van der Waals surface area contributed by atoms with Crippen LogP contribution >= 0.6 is 0 Å². The summed E-state index contributed by atoms with van der Waals surface area (Å²) < 4.78 is 11.6. The van der Waals surface area contributed by atoms with Crippen LogP contribution in [0.2, 0.25) is 0 Å². The molecule has 32 heavy (non-hydrogen) atoms. The van der Waals surface area contributed by atoms with Crippen LogP contribution in [0.1, 0.15) is 44.9 Å². The van der Waals surface area contributed by atoms with Crippen LogP contribution < -0.4 is 14.4 Å². The molecule has 4 aliphatic rings. The molecule has 7 heteroatoms. The van der Waals surface area contributed by atoms with Gasteiger partial charge in [-0.15, -0.1) is 0 Å². The van der Waals surface area contributed by atoms with Crippen molar-refractivity contribution >= 4 is 11.7 Å². The highest BCUT2D eigenvalue weighted by Gasteiger charge is 2.33. The number of ether oxygens (including phenoxy) is 2. The van der Waals surface area contributed by atoms with E-state index in [1.807, 2.05) is 6.07 Å². The number of benzene rings is 1. The molecular weight excluding hydrogens is 404 g/mol. The van der Waals surface area contributed by atoms with Gasteiger partial charge in [0, 0.05) is 51.9 Å². The summed E-state index contributed by atoms with van der Waals surface area (Å²) >= 11 is 0. The number of amides is 2. The highest BCUT2D eigenvalue weighted by Crippen LogP contribution is 2.39. The summed E-state index contributed by atoms with van der Waals surface area (Å²) in [6.07, 6.45) is 8.58. The predicted octanol–water partition coefficient (Wildman–Crippen LogP) is 3.43. The number of rotatable bonds is 7. The molecular formula is C25H38N4O3. The summed E-state index contributed by atoms with van der Waals surface area (Å²) in [4.78, 5) is 22.0. The molecule has 1 saturated carbocycles. The van der Waals surface area contributed by atoms with Crippen LogP contribution in [-0.2, 0) is 0 Å². The van der Waals surface area contributed by atoms with Crippen molar-refractivity contribution in [1.29, 1.82) is 0 Å². The van der Waals surface area contributed by atoms with Crippen molar-refractivity contribution in [2.75, 3.05) is 70.5 Å².